The Morgan fingerprint density at radius 3 is 2.58 bits per heavy atom. The predicted octanol–water partition coefficient (Wildman–Crippen LogP) is 1.88. The number of hydrazone groups is 1. The molecule has 0 radical (unpaired) electrons. The third-order valence-corrected chi connectivity index (χ3v) is 2.30. The van der Waals surface area contributed by atoms with Gasteiger partial charge in [0.15, 0.2) is 6.61 Å². The number of rotatable bonds is 6. The Hall–Kier alpha value is -2.44. The van der Waals surface area contributed by atoms with Crippen LogP contribution in [0.25, 0.3) is 0 Å². The lowest BCUT2D eigenvalue weighted by atomic mass is 10.3. The molecule has 1 rings (SSSR count). The van der Waals surface area contributed by atoms with Crippen molar-refractivity contribution in [1.29, 1.82) is 0 Å². The van der Waals surface area contributed by atoms with Crippen molar-refractivity contribution in [2.45, 2.75) is 20.3 Å². The van der Waals surface area contributed by atoms with Crippen LogP contribution in [0.4, 0.5) is 5.69 Å². The Balaban J connectivity index is 2.44. The van der Waals surface area contributed by atoms with Gasteiger partial charge in [0.2, 0.25) is 0 Å². The Morgan fingerprint density at radius 1 is 1.42 bits per heavy atom. The summed E-state index contributed by atoms with van der Waals surface area (Å²) in [6.07, 6.45) is 0.753. The number of nitro benzene ring substituents is 1. The number of hydrogen-bond donors (Lipinski definition) is 1. The molecule has 0 spiro atoms. The molecular weight excluding hydrogens is 250 g/mol. The zero-order chi connectivity index (χ0) is 14.3. The van der Waals surface area contributed by atoms with E-state index in [0.29, 0.717) is 5.75 Å². The van der Waals surface area contributed by atoms with Crippen LogP contribution < -0.4 is 10.2 Å². The number of hydrogen-bond acceptors (Lipinski definition) is 5. The number of ether oxygens (including phenoxy) is 1. The van der Waals surface area contributed by atoms with Crippen molar-refractivity contribution in [3.8, 4) is 5.75 Å². The first-order chi connectivity index (χ1) is 9.02. The normalized spacial score (nSPS) is 10.9. The molecule has 0 fully saturated rings. The molecular formula is C12H15N3O4. The minimum absolute atomic E-state index is 0.0278. The molecule has 102 valence electrons. The highest BCUT2D eigenvalue weighted by Crippen LogP contribution is 2.16. The number of benzene rings is 1. The number of nitrogens with one attached hydrogen (secondary N) is 1. The number of nitro groups is 1. The summed E-state index contributed by atoms with van der Waals surface area (Å²) >= 11 is 0. The molecule has 1 N–H and O–H groups in total. The standard InChI is InChI=1S/C12H15N3O4/c1-3-9(2)13-14-12(16)8-19-11-6-4-10(5-7-11)15(17)18/h4-7H,3,8H2,1-2H3,(H,14,16)/b13-9+. The minimum atomic E-state index is -0.501. The number of carbonyl (C=O) groups is 1. The Bertz CT molecular complexity index is 482. The van der Waals surface area contributed by atoms with Crippen LogP contribution in [0, 0.1) is 10.1 Å². The molecule has 0 saturated heterocycles. The molecule has 0 atom stereocenters. The summed E-state index contributed by atoms with van der Waals surface area (Å²) < 4.78 is 5.16. The maximum absolute atomic E-state index is 11.4. The van der Waals surface area contributed by atoms with Crippen LogP contribution in [0.2, 0.25) is 0 Å². The number of carbonyl (C=O) groups excluding carboxylic acids is 1. The first kappa shape index (κ1) is 14.6. The van der Waals surface area contributed by atoms with Crippen LogP contribution in [-0.2, 0) is 4.79 Å². The van der Waals surface area contributed by atoms with Crippen molar-refractivity contribution in [2.24, 2.45) is 5.10 Å². The van der Waals surface area contributed by atoms with Gasteiger partial charge in [0.25, 0.3) is 11.6 Å². The summed E-state index contributed by atoms with van der Waals surface area (Å²) in [7, 11) is 0. The van der Waals surface area contributed by atoms with Gasteiger partial charge >= 0.3 is 0 Å². The highest BCUT2D eigenvalue weighted by atomic mass is 16.6. The first-order valence-electron chi connectivity index (χ1n) is 5.72. The summed E-state index contributed by atoms with van der Waals surface area (Å²) in [5.74, 6) is 0.00287. The van der Waals surface area contributed by atoms with Crippen LogP contribution in [0.5, 0.6) is 5.75 Å². The lowest BCUT2D eigenvalue weighted by Gasteiger charge is -2.05. The van der Waals surface area contributed by atoms with Crippen molar-refractivity contribution in [3.63, 3.8) is 0 Å². The summed E-state index contributed by atoms with van der Waals surface area (Å²) in [5.41, 5.74) is 3.13. The lowest BCUT2D eigenvalue weighted by Crippen LogP contribution is -2.25. The van der Waals surface area contributed by atoms with Crippen molar-refractivity contribution in [3.05, 3.63) is 34.4 Å². The third-order valence-electron chi connectivity index (χ3n) is 2.30. The SMILES string of the molecule is CC/C(C)=N/NC(=O)COc1ccc([N+](=O)[O-])cc1. The van der Waals surface area contributed by atoms with E-state index < -0.39 is 4.92 Å². The van der Waals surface area contributed by atoms with Gasteiger partial charge in [-0.3, -0.25) is 14.9 Å². The average Bonchev–Trinajstić information content (AvgIpc) is 2.42. The van der Waals surface area contributed by atoms with E-state index in [1.807, 2.05) is 6.92 Å². The molecule has 0 bridgehead atoms. The largest absolute Gasteiger partial charge is 0.484 e. The molecule has 1 aromatic carbocycles. The van der Waals surface area contributed by atoms with Gasteiger partial charge in [-0.25, -0.2) is 5.43 Å². The predicted molar refractivity (Wildman–Crippen MR) is 70.1 cm³/mol. The fraction of sp³-hybridized carbons (Fsp3) is 0.333. The summed E-state index contributed by atoms with van der Waals surface area (Å²) in [4.78, 5) is 21.3. The lowest BCUT2D eigenvalue weighted by molar-refractivity contribution is -0.384. The maximum Gasteiger partial charge on any atom is 0.277 e. The van der Waals surface area contributed by atoms with E-state index in [1.54, 1.807) is 6.92 Å². The molecule has 1 aromatic rings. The Morgan fingerprint density at radius 2 is 2.05 bits per heavy atom. The van der Waals surface area contributed by atoms with E-state index in [-0.39, 0.29) is 18.2 Å². The van der Waals surface area contributed by atoms with Crippen LogP contribution in [0.15, 0.2) is 29.4 Å². The zero-order valence-electron chi connectivity index (χ0n) is 10.8. The van der Waals surface area contributed by atoms with E-state index in [4.69, 9.17) is 4.74 Å². The number of non-ortho nitro benzene ring substituents is 1. The molecule has 19 heavy (non-hydrogen) atoms. The van der Waals surface area contributed by atoms with Gasteiger partial charge in [0, 0.05) is 17.8 Å². The molecule has 0 aliphatic rings. The van der Waals surface area contributed by atoms with Gasteiger partial charge < -0.3 is 4.74 Å². The average molecular weight is 265 g/mol. The molecule has 7 heteroatoms. The molecule has 1 amide bonds. The van der Waals surface area contributed by atoms with Crippen molar-refractivity contribution < 1.29 is 14.5 Å². The quantitative estimate of drug-likeness (QED) is 0.482. The third kappa shape index (κ3) is 5.15. The van der Waals surface area contributed by atoms with Crippen molar-refractivity contribution in [2.75, 3.05) is 6.61 Å². The fourth-order valence-electron chi connectivity index (χ4n) is 1.08. The van der Waals surface area contributed by atoms with Crippen LogP contribution >= 0.6 is 0 Å². The smallest absolute Gasteiger partial charge is 0.277 e. The molecule has 0 unspecified atom stereocenters. The second-order valence-corrected chi connectivity index (χ2v) is 3.78. The van der Waals surface area contributed by atoms with E-state index in [1.165, 1.54) is 24.3 Å². The highest BCUT2D eigenvalue weighted by molar-refractivity contribution is 5.84. The van der Waals surface area contributed by atoms with Gasteiger partial charge in [0.1, 0.15) is 5.75 Å². The second-order valence-electron chi connectivity index (χ2n) is 3.78. The van der Waals surface area contributed by atoms with E-state index in [9.17, 15) is 14.9 Å². The van der Waals surface area contributed by atoms with Gasteiger partial charge in [-0.05, 0) is 25.5 Å². The van der Waals surface area contributed by atoms with Gasteiger partial charge in [0.05, 0.1) is 4.92 Å². The monoisotopic (exact) mass is 265 g/mol. The molecule has 0 aliphatic carbocycles. The zero-order valence-corrected chi connectivity index (χ0v) is 10.8. The van der Waals surface area contributed by atoms with Gasteiger partial charge in [-0.2, -0.15) is 5.10 Å². The van der Waals surface area contributed by atoms with Crippen LogP contribution in [-0.4, -0.2) is 23.1 Å². The first-order valence-corrected chi connectivity index (χ1v) is 5.72. The fourth-order valence-corrected chi connectivity index (χ4v) is 1.08. The topological polar surface area (TPSA) is 93.8 Å². The van der Waals surface area contributed by atoms with E-state index in [0.717, 1.165) is 12.1 Å². The molecule has 0 heterocycles. The molecule has 7 nitrogen and oxygen atoms in total. The molecule has 0 aliphatic heterocycles. The number of nitrogens with zero attached hydrogens (tertiary/aromatic N) is 2. The van der Waals surface area contributed by atoms with Crippen LogP contribution in [0.3, 0.4) is 0 Å². The van der Waals surface area contributed by atoms with Gasteiger partial charge in [-0.15, -0.1) is 0 Å². The Labute approximate surface area is 110 Å². The van der Waals surface area contributed by atoms with Gasteiger partial charge in [-0.1, -0.05) is 6.92 Å². The minimum Gasteiger partial charge on any atom is -0.484 e. The molecule has 0 saturated carbocycles. The highest BCUT2D eigenvalue weighted by Gasteiger charge is 2.06. The molecule has 0 aromatic heterocycles. The summed E-state index contributed by atoms with van der Waals surface area (Å²) in [6, 6.07) is 5.50. The second kappa shape index (κ2) is 7.10. The van der Waals surface area contributed by atoms with E-state index >= 15 is 0 Å². The van der Waals surface area contributed by atoms with E-state index in [2.05, 4.69) is 10.5 Å². The Kier molecular flexibility index (Phi) is 5.46. The summed E-state index contributed by atoms with van der Waals surface area (Å²) in [5, 5.41) is 14.3. The van der Waals surface area contributed by atoms with Crippen LogP contribution in [0.1, 0.15) is 20.3 Å². The van der Waals surface area contributed by atoms with Crippen molar-refractivity contribution in [1.82, 2.24) is 5.43 Å². The number of amides is 1. The van der Waals surface area contributed by atoms with Crippen molar-refractivity contribution >= 4 is 17.3 Å². The maximum atomic E-state index is 11.4. The summed E-state index contributed by atoms with van der Waals surface area (Å²) in [6.45, 7) is 3.54.